The van der Waals surface area contributed by atoms with Gasteiger partial charge in [0.25, 0.3) is 5.91 Å². The lowest BCUT2D eigenvalue weighted by atomic mass is 9.42. The van der Waals surface area contributed by atoms with Crippen molar-refractivity contribution in [1.82, 2.24) is 15.3 Å². The Labute approximate surface area is 163 Å². The molecule has 2 unspecified atom stereocenters. The number of hydrogen-bond acceptors (Lipinski definition) is 3. The van der Waals surface area contributed by atoms with E-state index in [9.17, 15) is 4.79 Å². The Morgan fingerprint density at radius 2 is 1.56 bits per heavy atom. The van der Waals surface area contributed by atoms with Gasteiger partial charge in [-0.05, 0) is 67.4 Å². The van der Waals surface area contributed by atoms with Crippen molar-refractivity contribution >= 4 is 5.91 Å². The predicted molar refractivity (Wildman–Crippen MR) is 107 cm³/mol. The van der Waals surface area contributed by atoms with Gasteiger partial charge in [-0.1, -0.05) is 32.0 Å². The van der Waals surface area contributed by atoms with Gasteiger partial charge in [-0.3, -0.25) is 15.1 Å². The molecule has 4 bridgehead atoms. The molecule has 4 aliphatic carbocycles. The Bertz CT molecular complexity index is 706. The molecule has 0 spiro atoms. The number of carbonyl (C=O) groups excluding carboxylic acids is 1. The topological polar surface area (TPSA) is 35.6 Å². The van der Waals surface area contributed by atoms with Crippen molar-refractivity contribution in [3.8, 4) is 0 Å². The first-order valence-electron chi connectivity index (χ1n) is 10.7. The van der Waals surface area contributed by atoms with Crippen LogP contribution in [0.2, 0.25) is 0 Å². The highest BCUT2D eigenvalue weighted by atomic mass is 16.2. The number of nitrogens with one attached hydrogen (secondary N) is 1. The first-order valence-corrected chi connectivity index (χ1v) is 10.7. The average molecular weight is 368 g/mol. The van der Waals surface area contributed by atoms with Gasteiger partial charge < -0.3 is 0 Å². The number of piperazine rings is 1. The second kappa shape index (κ2) is 6.05. The second-order valence-corrected chi connectivity index (χ2v) is 10.6. The van der Waals surface area contributed by atoms with Crippen LogP contribution in [0, 0.1) is 16.7 Å². The number of hydrogen-bond donors (Lipinski definition) is 1. The van der Waals surface area contributed by atoms with Crippen LogP contribution in [0.1, 0.15) is 62.7 Å². The molecule has 1 amide bonds. The number of hydrazine groups is 1. The molecule has 1 aromatic carbocycles. The Morgan fingerprint density at radius 3 is 2.15 bits per heavy atom. The Balaban J connectivity index is 1.24. The molecule has 1 aliphatic heterocycles. The van der Waals surface area contributed by atoms with Crippen molar-refractivity contribution in [1.29, 1.82) is 0 Å². The summed E-state index contributed by atoms with van der Waals surface area (Å²) in [7, 11) is 0. The molecule has 146 valence electrons. The maximum absolute atomic E-state index is 12.4. The first kappa shape index (κ1) is 17.7. The lowest BCUT2D eigenvalue weighted by molar-refractivity contribution is -0.168. The van der Waals surface area contributed by atoms with Crippen LogP contribution in [0.5, 0.6) is 0 Å². The average Bonchev–Trinajstić information content (AvgIpc) is 2.60. The summed E-state index contributed by atoms with van der Waals surface area (Å²) >= 11 is 0. The molecule has 1 N–H and O–H groups in total. The van der Waals surface area contributed by atoms with Crippen molar-refractivity contribution in [2.45, 2.75) is 57.9 Å². The van der Waals surface area contributed by atoms with Crippen LogP contribution >= 0.6 is 0 Å². The zero-order valence-electron chi connectivity index (χ0n) is 16.8. The van der Waals surface area contributed by atoms with Crippen LogP contribution in [0.25, 0.3) is 0 Å². The standard InChI is InChI=1S/C23H33N3O/c1-21-12-18-13-22(2,15-21)17-23(14-18,16-21)25-8-10-26(11-9-25)24-20(27)19-6-4-3-5-7-19/h3-7,18H,8-17H2,1-2H3,(H,24,27). The van der Waals surface area contributed by atoms with Crippen molar-refractivity contribution in [2.24, 2.45) is 16.7 Å². The summed E-state index contributed by atoms with van der Waals surface area (Å²) in [5, 5.41) is 2.12. The van der Waals surface area contributed by atoms with E-state index >= 15 is 0 Å². The summed E-state index contributed by atoms with van der Waals surface area (Å²) in [5.74, 6) is 0.950. The Morgan fingerprint density at radius 1 is 0.926 bits per heavy atom. The third-order valence-corrected chi connectivity index (χ3v) is 7.84. The predicted octanol–water partition coefficient (Wildman–Crippen LogP) is 3.70. The van der Waals surface area contributed by atoms with Gasteiger partial charge in [-0.2, -0.15) is 0 Å². The maximum atomic E-state index is 12.4. The maximum Gasteiger partial charge on any atom is 0.265 e. The summed E-state index contributed by atoms with van der Waals surface area (Å²) in [4.78, 5) is 15.2. The third kappa shape index (κ3) is 3.11. The van der Waals surface area contributed by atoms with Crippen LogP contribution in [0.4, 0.5) is 0 Å². The minimum Gasteiger partial charge on any atom is -0.295 e. The summed E-state index contributed by atoms with van der Waals surface area (Å²) in [6.45, 7) is 9.13. The second-order valence-electron chi connectivity index (χ2n) is 10.6. The van der Waals surface area contributed by atoms with E-state index in [4.69, 9.17) is 0 Å². The van der Waals surface area contributed by atoms with Crippen LogP contribution in [0.15, 0.2) is 30.3 Å². The molecule has 1 aromatic rings. The van der Waals surface area contributed by atoms with E-state index in [2.05, 4.69) is 29.2 Å². The molecule has 1 saturated heterocycles. The smallest absolute Gasteiger partial charge is 0.265 e. The zero-order chi connectivity index (χ0) is 18.7. The summed E-state index contributed by atoms with van der Waals surface area (Å²) in [5.41, 5.74) is 5.40. The molecule has 0 radical (unpaired) electrons. The molecule has 1 heterocycles. The van der Waals surface area contributed by atoms with E-state index in [1.165, 1.54) is 38.5 Å². The molecule has 4 heteroatoms. The quantitative estimate of drug-likeness (QED) is 0.885. The van der Waals surface area contributed by atoms with E-state index in [1.807, 2.05) is 30.3 Å². The van der Waals surface area contributed by atoms with Gasteiger partial charge in [0.2, 0.25) is 0 Å². The SMILES string of the molecule is CC12CC3CC(C)(C1)CC(N1CCN(NC(=O)c4ccccc4)CC1)(C3)C2. The lowest BCUT2D eigenvalue weighted by Crippen LogP contribution is -2.68. The van der Waals surface area contributed by atoms with Crippen molar-refractivity contribution in [3.05, 3.63) is 35.9 Å². The molecule has 6 rings (SSSR count). The Hall–Kier alpha value is -1.39. The molecule has 0 aromatic heterocycles. The van der Waals surface area contributed by atoms with Crippen LogP contribution in [-0.4, -0.2) is 47.5 Å². The van der Waals surface area contributed by atoms with Crippen molar-refractivity contribution in [2.75, 3.05) is 26.2 Å². The number of nitrogens with zero attached hydrogens (tertiary/aromatic N) is 2. The normalized spacial score (nSPS) is 41.6. The highest BCUT2D eigenvalue weighted by Crippen LogP contribution is 2.67. The van der Waals surface area contributed by atoms with Crippen LogP contribution in [0.3, 0.4) is 0 Å². The lowest BCUT2D eigenvalue weighted by Gasteiger charge is -2.68. The fourth-order valence-corrected chi connectivity index (χ4v) is 7.83. The summed E-state index contributed by atoms with van der Waals surface area (Å²) < 4.78 is 0. The van der Waals surface area contributed by atoms with E-state index in [1.54, 1.807) is 0 Å². The molecule has 27 heavy (non-hydrogen) atoms. The molecule has 4 saturated carbocycles. The highest BCUT2D eigenvalue weighted by molar-refractivity contribution is 5.93. The van der Waals surface area contributed by atoms with E-state index in [0.29, 0.717) is 16.4 Å². The molecule has 5 fully saturated rings. The number of rotatable bonds is 3. The fraction of sp³-hybridized carbons (Fsp3) is 0.696. The van der Waals surface area contributed by atoms with Crippen LogP contribution in [-0.2, 0) is 0 Å². The van der Waals surface area contributed by atoms with Gasteiger partial charge in [0, 0.05) is 37.3 Å². The highest BCUT2D eigenvalue weighted by Gasteiger charge is 2.61. The zero-order valence-corrected chi connectivity index (χ0v) is 16.8. The number of benzene rings is 1. The van der Waals surface area contributed by atoms with Gasteiger partial charge in [0.1, 0.15) is 0 Å². The summed E-state index contributed by atoms with van der Waals surface area (Å²) in [6.07, 6.45) is 8.54. The third-order valence-electron chi connectivity index (χ3n) is 7.84. The van der Waals surface area contributed by atoms with Gasteiger partial charge in [0.05, 0.1) is 0 Å². The first-order chi connectivity index (χ1) is 12.9. The molecular formula is C23H33N3O. The largest absolute Gasteiger partial charge is 0.295 e. The number of carbonyl (C=O) groups is 1. The van der Waals surface area contributed by atoms with Gasteiger partial charge in [0.15, 0.2) is 0 Å². The van der Waals surface area contributed by atoms with Crippen molar-refractivity contribution in [3.63, 3.8) is 0 Å². The van der Waals surface area contributed by atoms with E-state index in [0.717, 1.165) is 37.7 Å². The van der Waals surface area contributed by atoms with E-state index in [-0.39, 0.29) is 5.91 Å². The van der Waals surface area contributed by atoms with Crippen LogP contribution < -0.4 is 5.43 Å². The molecule has 2 atom stereocenters. The molecule has 4 nitrogen and oxygen atoms in total. The Kier molecular flexibility index (Phi) is 3.97. The van der Waals surface area contributed by atoms with Gasteiger partial charge >= 0.3 is 0 Å². The van der Waals surface area contributed by atoms with Gasteiger partial charge in [-0.25, -0.2) is 5.01 Å². The summed E-state index contributed by atoms with van der Waals surface area (Å²) in [6, 6.07) is 9.54. The van der Waals surface area contributed by atoms with Crippen molar-refractivity contribution < 1.29 is 4.79 Å². The van der Waals surface area contributed by atoms with E-state index < -0.39 is 0 Å². The number of amides is 1. The van der Waals surface area contributed by atoms with Gasteiger partial charge in [-0.15, -0.1) is 0 Å². The molecular weight excluding hydrogens is 334 g/mol. The minimum absolute atomic E-state index is 0.0128. The fourth-order valence-electron chi connectivity index (χ4n) is 7.83. The monoisotopic (exact) mass is 367 g/mol. The molecule has 5 aliphatic rings. The minimum atomic E-state index is 0.0128.